The zero-order valence-electron chi connectivity index (χ0n) is 9.06. The summed E-state index contributed by atoms with van der Waals surface area (Å²) in [4.78, 5) is 21.8. The first-order valence-electron chi connectivity index (χ1n) is 4.68. The summed E-state index contributed by atoms with van der Waals surface area (Å²) in [5.41, 5.74) is 0.503. The number of carbonyl (C=O) groups excluding carboxylic acids is 1. The van der Waals surface area contributed by atoms with E-state index >= 15 is 0 Å². The molecule has 0 fully saturated rings. The molecule has 0 aromatic heterocycles. The van der Waals surface area contributed by atoms with Gasteiger partial charge >= 0.3 is 5.97 Å². The Morgan fingerprint density at radius 2 is 1.88 bits per heavy atom. The maximum atomic E-state index is 10.9. The van der Waals surface area contributed by atoms with Crippen LogP contribution in [0.4, 0.5) is 0 Å². The molecule has 0 radical (unpaired) electrons. The molecule has 1 atom stereocenters. The van der Waals surface area contributed by atoms with Crippen molar-refractivity contribution < 1.29 is 19.4 Å². The van der Waals surface area contributed by atoms with Crippen LogP contribution >= 0.6 is 0 Å². The van der Waals surface area contributed by atoms with Gasteiger partial charge in [-0.25, -0.2) is 4.79 Å². The van der Waals surface area contributed by atoms with Crippen molar-refractivity contribution in [2.75, 3.05) is 7.11 Å². The number of benzene rings is 1. The monoisotopic (exact) mass is 223 g/mol. The van der Waals surface area contributed by atoms with Gasteiger partial charge in [0.25, 0.3) is 0 Å². The fourth-order valence-electron chi connectivity index (χ4n) is 1.29. The average Bonchev–Trinajstić information content (AvgIpc) is 2.25. The molecule has 16 heavy (non-hydrogen) atoms. The van der Waals surface area contributed by atoms with E-state index in [2.05, 4.69) is 5.32 Å². The Morgan fingerprint density at radius 1 is 1.31 bits per heavy atom. The van der Waals surface area contributed by atoms with E-state index in [1.165, 1.54) is 14.0 Å². The van der Waals surface area contributed by atoms with Crippen molar-refractivity contribution in [3.05, 3.63) is 29.8 Å². The molecular weight excluding hydrogens is 210 g/mol. The Hall–Kier alpha value is -2.04. The van der Waals surface area contributed by atoms with Gasteiger partial charge in [0.15, 0.2) is 6.04 Å². The minimum absolute atomic E-state index is 0.386. The number of methoxy groups -OCH3 is 1. The van der Waals surface area contributed by atoms with Crippen LogP contribution in [0.3, 0.4) is 0 Å². The second-order valence-electron chi connectivity index (χ2n) is 3.24. The molecule has 0 saturated carbocycles. The summed E-state index contributed by atoms with van der Waals surface area (Å²) in [5.74, 6) is -0.848. The maximum absolute atomic E-state index is 10.9. The van der Waals surface area contributed by atoms with Crippen LogP contribution in [-0.2, 0) is 9.59 Å². The third kappa shape index (κ3) is 2.98. The Morgan fingerprint density at radius 3 is 2.25 bits per heavy atom. The Labute approximate surface area is 93.0 Å². The van der Waals surface area contributed by atoms with Crippen LogP contribution in [0.2, 0.25) is 0 Å². The number of nitrogens with one attached hydrogen (secondary N) is 1. The summed E-state index contributed by atoms with van der Waals surface area (Å²) >= 11 is 0. The molecule has 1 aromatic carbocycles. The minimum atomic E-state index is -1.10. The molecule has 1 rings (SSSR count). The lowest BCUT2D eigenvalue weighted by molar-refractivity contribution is -0.141. The molecule has 0 heterocycles. The van der Waals surface area contributed by atoms with Gasteiger partial charge in [-0.05, 0) is 17.7 Å². The van der Waals surface area contributed by atoms with E-state index in [9.17, 15) is 9.59 Å². The Bertz CT molecular complexity index is 385. The molecule has 86 valence electrons. The average molecular weight is 223 g/mol. The second kappa shape index (κ2) is 5.16. The van der Waals surface area contributed by atoms with E-state index in [1.807, 2.05) is 0 Å². The van der Waals surface area contributed by atoms with Crippen LogP contribution in [-0.4, -0.2) is 24.1 Å². The maximum Gasteiger partial charge on any atom is 0.330 e. The summed E-state index contributed by atoms with van der Waals surface area (Å²) in [6, 6.07) is 5.48. The molecule has 0 aliphatic rings. The smallest absolute Gasteiger partial charge is 0.330 e. The number of hydrogen-bond donors (Lipinski definition) is 2. The van der Waals surface area contributed by atoms with Gasteiger partial charge in [0, 0.05) is 6.92 Å². The fraction of sp³-hybridized carbons (Fsp3) is 0.273. The van der Waals surface area contributed by atoms with Crippen LogP contribution in [0.15, 0.2) is 24.3 Å². The van der Waals surface area contributed by atoms with Crippen molar-refractivity contribution in [1.82, 2.24) is 5.32 Å². The van der Waals surface area contributed by atoms with Gasteiger partial charge < -0.3 is 15.2 Å². The molecule has 0 saturated heterocycles. The first-order chi connectivity index (χ1) is 7.54. The molecular formula is C11H13NO4. The summed E-state index contributed by atoms with van der Waals surface area (Å²) < 4.78 is 4.96. The molecule has 1 aromatic rings. The molecule has 0 spiro atoms. The van der Waals surface area contributed by atoms with Gasteiger partial charge in [-0.2, -0.15) is 0 Å². The first kappa shape index (κ1) is 12.0. The number of carboxylic acid groups (broad SMARTS) is 1. The number of hydrogen-bond acceptors (Lipinski definition) is 3. The topological polar surface area (TPSA) is 75.6 Å². The standard InChI is InChI=1S/C11H13NO4/c1-7(13)12-10(11(14)15)8-3-5-9(16-2)6-4-8/h3-6,10H,1-2H3,(H,12,13)(H,14,15)/t10-/m0/s1. The lowest BCUT2D eigenvalue weighted by Crippen LogP contribution is -2.31. The van der Waals surface area contributed by atoms with Crippen molar-refractivity contribution in [3.8, 4) is 5.75 Å². The SMILES string of the molecule is COc1ccc([C@H](NC(C)=O)C(=O)O)cc1. The molecule has 0 aliphatic carbocycles. The first-order valence-corrected chi connectivity index (χ1v) is 4.68. The van der Waals surface area contributed by atoms with Crippen LogP contribution in [0.1, 0.15) is 18.5 Å². The molecule has 1 amide bonds. The zero-order chi connectivity index (χ0) is 12.1. The predicted octanol–water partition coefficient (Wildman–Crippen LogP) is 0.957. The third-order valence-electron chi connectivity index (χ3n) is 2.04. The largest absolute Gasteiger partial charge is 0.497 e. The van der Waals surface area contributed by atoms with Crippen LogP contribution in [0.5, 0.6) is 5.75 Å². The van der Waals surface area contributed by atoms with E-state index < -0.39 is 12.0 Å². The predicted molar refractivity (Wildman–Crippen MR) is 57.2 cm³/mol. The highest BCUT2D eigenvalue weighted by molar-refractivity contribution is 5.83. The van der Waals surface area contributed by atoms with Gasteiger partial charge in [-0.1, -0.05) is 12.1 Å². The number of rotatable bonds is 4. The second-order valence-corrected chi connectivity index (χ2v) is 3.24. The summed E-state index contributed by atoms with van der Waals surface area (Å²) in [7, 11) is 1.53. The Kier molecular flexibility index (Phi) is 3.88. The molecule has 2 N–H and O–H groups in total. The highest BCUT2D eigenvalue weighted by Gasteiger charge is 2.20. The van der Waals surface area contributed by atoms with E-state index in [1.54, 1.807) is 24.3 Å². The van der Waals surface area contributed by atoms with Crippen molar-refractivity contribution in [3.63, 3.8) is 0 Å². The van der Waals surface area contributed by atoms with Crippen molar-refractivity contribution in [2.24, 2.45) is 0 Å². The molecule has 0 bridgehead atoms. The quantitative estimate of drug-likeness (QED) is 0.797. The van der Waals surface area contributed by atoms with E-state index in [-0.39, 0.29) is 5.91 Å². The van der Waals surface area contributed by atoms with Gasteiger partial charge in [0.05, 0.1) is 7.11 Å². The van der Waals surface area contributed by atoms with Crippen molar-refractivity contribution >= 4 is 11.9 Å². The van der Waals surface area contributed by atoms with Crippen LogP contribution in [0.25, 0.3) is 0 Å². The van der Waals surface area contributed by atoms with E-state index in [4.69, 9.17) is 9.84 Å². The van der Waals surface area contributed by atoms with E-state index in [0.29, 0.717) is 11.3 Å². The Balaban J connectivity index is 2.92. The van der Waals surface area contributed by atoms with Gasteiger partial charge in [-0.15, -0.1) is 0 Å². The summed E-state index contributed by atoms with van der Waals surface area (Å²) in [6.45, 7) is 1.28. The van der Waals surface area contributed by atoms with Crippen LogP contribution < -0.4 is 10.1 Å². The van der Waals surface area contributed by atoms with Crippen LogP contribution in [0, 0.1) is 0 Å². The normalized spacial score (nSPS) is 11.6. The minimum Gasteiger partial charge on any atom is -0.497 e. The molecule has 5 heteroatoms. The van der Waals surface area contributed by atoms with Gasteiger partial charge in [-0.3, -0.25) is 4.79 Å². The number of aliphatic carboxylic acids is 1. The fourth-order valence-corrected chi connectivity index (χ4v) is 1.29. The highest BCUT2D eigenvalue weighted by atomic mass is 16.5. The number of amides is 1. The molecule has 0 aliphatic heterocycles. The van der Waals surface area contributed by atoms with E-state index in [0.717, 1.165) is 0 Å². The lowest BCUT2D eigenvalue weighted by atomic mass is 10.1. The zero-order valence-corrected chi connectivity index (χ0v) is 9.06. The molecule has 5 nitrogen and oxygen atoms in total. The summed E-state index contributed by atoms with van der Waals surface area (Å²) in [5, 5.41) is 11.3. The van der Waals surface area contributed by atoms with Gasteiger partial charge in [0.2, 0.25) is 5.91 Å². The van der Waals surface area contributed by atoms with Gasteiger partial charge in [0.1, 0.15) is 5.75 Å². The third-order valence-corrected chi connectivity index (χ3v) is 2.04. The highest BCUT2D eigenvalue weighted by Crippen LogP contribution is 2.17. The number of carboxylic acids is 1. The number of carbonyl (C=O) groups is 2. The number of ether oxygens (including phenoxy) is 1. The van der Waals surface area contributed by atoms with Crippen molar-refractivity contribution in [2.45, 2.75) is 13.0 Å². The summed E-state index contributed by atoms with van der Waals surface area (Å²) in [6.07, 6.45) is 0. The van der Waals surface area contributed by atoms with Crippen molar-refractivity contribution in [1.29, 1.82) is 0 Å². The molecule has 0 unspecified atom stereocenters. The lowest BCUT2D eigenvalue weighted by Gasteiger charge is -2.13.